The van der Waals surface area contributed by atoms with E-state index in [1.807, 2.05) is 59.3 Å². The van der Waals surface area contributed by atoms with E-state index in [0.717, 1.165) is 53.5 Å². The van der Waals surface area contributed by atoms with Gasteiger partial charge in [0.25, 0.3) is 0 Å². The van der Waals surface area contributed by atoms with Gasteiger partial charge in [-0.15, -0.1) is 0 Å². The fourth-order valence-electron chi connectivity index (χ4n) is 3.89. The lowest BCUT2D eigenvalue weighted by atomic mass is 10.0. The van der Waals surface area contributed by atoms with Gasteiger partial charge in [0.2, 0.25) is 10.0 Å². The number of rotatable bonds is 8. The number of amides is 1. The molecule has 9 heteroatoms. The number of carbonyl (C=O) groups excluding carboxylic acids is 1. The summed E-state index contributed by atoms with van der Waals surface area (Å²) in [5, 5.41) is 0.666. The molecule has 0 radical (unpaired) electrons. The number of hydrogen-bond donors (Lipinski definition) is 1. The number of imidazole rings is 1. The second-order valence-electron chi connectivity index (χ2n) is 8.31. The zero-order chi connectivity index (χ0) is 25.0. The van der Waals surface area contributed by atoms with Gasteiger partial charge in [-0.2, -0.15) is 0 Å². The molecule has 182 valence electrons. The number of benzene rings is 3. The lowest BCUT2D eigenvalue weighted by molar-refractivity contribution is 0.207. The van der Waals surface area contributed by atoms with E-state index in [2.05, 4.69) is 11.5 Å². The molecule has 35 heavy (non-hydrogen) atoms. The zero-order valence-corrected chi connectivity index (χ0v) is 21.1. The quantitative estimate of drug-likeness (QED) is 0.323. The topological polar surface area (TPSA) is 90.3 Å². The number of sulfonamides is 1. The normalized spacial score (nSPS) is 11.5. The van der Waals surface area contributed by atoms with E-state index in [-0.39, 0.29) is 5.75 Å². The lowest BCUT2D eigenvalue weighted by Gasteiger charge is -2.12. The average Bonchev–Trinajstić information content (AvgIpc) is 3.13. The molecular weight excluding hydrogens is 486 g/mol. The molecule has 0 aliphatic heterocycles. The molecule has 7 nitrogen and oxygen atoms in total. The van der Waals surface area contributed by atoms with Gasteiger partial charge in [0.1, 0.15) is 11.6 Å². The molecule has 0 saturated heterocycles. The molecule has 0 bridgehead atoms. The SMILES string of the molecule is CCCCc1nc2cc(Cl)ccc2n1Cc1ccc(-c2ccccc2OC(=O)NS(C)(=O)=O)cc1. The van der Waals surface area contributed by atoms with Crippen molar-refractivity contribution >= 4 is 38.8 Å². The largest absolute Gasteiger partial charge is 0.426 e. The van der Waals surface area contributed by atoms with Crippen LogP contribution in [0.5, 0.6) is 5.75 Å². The van der Waals surface area contributed by atoms with E-state index >= 15 is 0 Å². The van der Waals surface area contributed by atoms with Crippen LogP contribution < -0.4 is 9.46 Å². The van der Waals surface area contributed by atoms with Crippen LogP contribution in [0, 0.1) is 0 Å². The molecule has 0 fully saturated rings. The monoisotopic (exact) mass is 511 g/mol. The van der Waals surface area contributed by atoms with Crippen molar-refractivity contribution in [3.63, 3.8) is 0 Å². The Morgan fingerprint density at radius 3 is 2.54 bits per heavy atom. The summed E-state index contributed by atoms with van der Waals surface area (Å²) in [6.07, 6.45) is 2.87. The van der Waals surface area contributed by atoms with Gasteiger partial charge in [0.15, 0.2) is 0 Å². The highest BCUT2D eigenvalue weighted by molar-refractivity contribution is 7.89. The number of para-hydroxylation sites is 1. The second-order valence-corrected chi connectivity index (χ2v) is 10.5. The molecule has 1 amide bonds. The molecule has 0 spiro atoms. The summed E-state index contributed by atoms with van der Waals surface area (Å²) in [7, 11) is -3.72. The van der Waals surface area contributed by atoms with Crippen molar-refractivity contribution in [3.8, 4) is 16.9 Å². The fraction of sp³-hybridized carbons (Fsp3) is 0.231. The minimum absolute atomic E-state index is 0.265. The molecule has 4 aromatic rings. The van der Waals surface area contributed by atoms with E-state index in [4.69, 9.17) is 21.3 Å². The predicted octanol–water partition coefficient (Wildman–Crippen LogP) is 5.80. The number of nitrogens with one attached hydrogen (secondary N) is 1. The number of unbranched alkanes of at least 4 members (excludes halogenated alkanes) is 1. The third-order valence-electron chi connectivity index (χ3n) is 5.51. The number of nitrogens with zero attached hydrogens (tertiary/aromatic N) is 2. The molecule has 3 aromatic carbocycles. The summed E-state index contributed by atoms with van der Waals surface area (Å²) in [5.41, 5.74) is 4.53. The molecule has 1 heterocycles. The molecule has 0 saturated carbocycles. The van der Waals surface area contributed by atoms with Crippen molar-refractivity contribution in [2.75, 3.05) is 6.26 Å². The Bertz CT molecular complexity index is 1460. The first-order chi connectivity index (χ1) is 16.7. The lowest BCUT2D eigenvalue weighted by Crippen LogP contribution is -2.32. The van der Waals surface area contributed by atoms with E-state index < -0.39 is 16.1 Å². The van der Waals surface area contributed by atoms with Crippen molar-refractivity contribution in [1.29, 1.82) is 0 Å². The minimum Gasteiger partial charge on any atom is -0.409 e. The third kappa shape index (κ3) is 6.21. The van der Waals surface area contributed by atoms with Gasteiger partial charge in [-0.3, -0.25) is 0 Å². The number of ether oxygens (including phenoxy) is 1. The molecule has 0 atom stereocenters. The van der Waals surface area contributed by atoms with Crippen LogP contribution >= 0.6 is 11.6 Å². The van der Waals surface area contributed by atoms with Crippen molar-refractivity contribution < 1.29 is 17.9 Å². The van der Waals surface area contributed by atoms with Gasteiger partial charge in [-0.05, 0) is 41.8 Å². The Morgan fingerprint density at radius 2 is 1.83 bits per heavy atom. The summed E-state index contributed by atoms with van der Waals surface area (Å²) in [6, 6.07) is 20.7. The van der Waals surface area contributed by atoms with Gasteiger partial charge >= 0.3 is 6.09 Å². The summed E-state index contributed by atoms with van der Waals surface area (Å²) in [6.45, 7) is 2.82. The Labute approximate surface area is 209 Å². The van der Waals surface area contributed by atoms with Crippen molar-refractivity contribution in [2.24, 2.45) is 0 Å². The standard InChI is InChI=1S/C26H26ClN3O4S/c1-3-4-9-25-28-22-16-20(27)14-15-23(22)30(25)17-18-10-12-19(13-11-18)21-7-5-6-8-24(21)34-26(31)29-35(2,32)33/h5-8,10-16H,3-4,9,17H2,1-2H3,(H,29,31). The molecule has 0 unspecified atom stereocenters. The third-order valence-corrected chi connectivity index (χ3v) is 6.28. The maximum atomic E-state index is 11.9. The van der Waals surface area contributed by atoms with Gasteiger partial charge in [-0.25, -0.2) is 22.9 Å². The summed E-state index contributed by atoms with van der Waals surface area (Å²) in [4.78, 5) is 16.8. The molecule has 0 aliphatic rings. The number of hydrogen-bond acceptors (Lipinski definition) is 5. The predicted molar refractivity (Wildman–Crippen MR) is 138 cm³/mol. The van der Waals surface area contributed by atoms with Gasteiger partial charge in [-0.1, -0.05) is 67.4 Å². The Balaban J connectivity index is 1.59. The first kappa shape index (κ1) is 24.8. The fourth-order valence-corrected chi connectivity index (χ4v) is 4.40. The average molecular weight is 512 g/mol. The van der Waals surface area contributed by atoms with Crippen molar-refractivity contribution in [1.82, 2.24) is 14.3 Å². The number of fused-ring (bicyclic) bond motifs is 1. The van der Waals surface area contributed by atoms with Crippen LogP contribution in [0.25, 0.3) is 22.2 Å². The van der Waals surface area contributed by atoms with Gasteiger partial charge < -0.3 is 9.30 Å². The van der Waals surface area contributed by atoms with Gasteiger partial charge in [0, 0.05) is 23.6 Å². The Morgan fingerprint density at radius 1 is 1.09 bits per heavy atom. The second kappa shape index (κ2) is 10.5. The van der Waals surface area contributed by atoms with E-state index in [1.165, 1.54) is 0 Å². The number of aromatic nitrogens is 2. The first-order valence-electron chi connectivity index (χ1n) is 11.3. The van der Waals surface area contributed by atoms with Crippen LogP contribution in [0.3, 0.4) is 0 Å². The van der Waals surface area contributed by atoms with E-state index in [1.54, 1.807) is 12.1 Å². The van der Waals surface area contributed by atoms with E-state index in [0.29, 0.717) is 17.1 Å². The highest BCUT2D eigenvalue weighted by Crippen LogP contribution is 2.30. The number of carbonyl (C=O) groups is 1. The first-order valence-corrected chi connectivity index (χ1v) is 13.5. The zero-order valence-electron chi connectivity index (χ0n) is 19.5. The molecule has 1 aromatic heterocycles. The van der Waals surface area contributed by atoms with Crippen LogP contribution in [-0.2, 0) is 23.0 Å². The van der Waals surface area contributed by atoms with Crippen LogP contribution in [0.1, 0.15) is 31.2 Å². The van der Waals surface area contributed by atoms with Gasteiger partial charge in [0.05, 0.1) is 17.3 Å². The smallest absolute Gasteiger partial charge is 0.409 e. The molecular formula is C26H26ClN3O4S. The van der Waals surface area contributed by atoms with Crippen molar-refractivity contribution in [2.45, 2.75) is 32.7 Å². The maximum absolute atomic E-state index is 11.9. The molecule has 0 aliphatic carbocycles. The van der Waals surface area contributed by atoms with Crippen LogP contribution in [0.2, 0.25) is 5.02 Å². The van der Waals surface area contributed by atoms with E-state index in [9.17, 15) is 13.2 Å². The molecule has 4 rings (SSSR count). The van der Waals surface area contributed by atoms with Crippen LogP contribution in [0.15, 0.2) is 66.7 Å². The Hall–Kier alpha value is -3.36. The highest BCUT2D eigenvalue weighted by atomic mass is 35.5. The molecule has 1 N–H and O–H groups in total. The summed E-state index contributed by atoms with van der Waals surface area (Å²) in [5.74, 6) is 1.30. The maximum Gasteiger partial charge on any atom is 0.426 e. The number of halogens is 1. The highest BCUT2D eigenvalue weighted by Gasteiger charge is 2.15. The van der Waals surface area contributed by atoms with Crippen LogP contribution in [0.4, 0.5) is 4.79 Å². The number of aryl methyl sites for hydroxylation is 1. The summed E-state index contributed by atoms with van der Waals surface area (Å²) < 4.78 is 31.9. The van der Waals surface area contributed by atoms with Crippen LogP contribution in [-0.4, -0.2) is 30.3 Å². The van der Waals surface area contributed by atoms with Crippen molar-refractivity contribution in [3.05, 3.63) is 83.1 Å². The Kier molecular flexibility index (Phi) is 7.42. The summed E-state index contributed by atoms with van der Waals surface area (Å²) >= 11 is 6.18. The minimum atomic E-state index is -3.72.